The van der Waals surface area contributed by atoms with Crippen LogP contribution in [-0.2, 0) is 186 Å². The first kappa shape index (κ1) is 127. The minimum Gasteiger partial charge on any atom is -0.462 e. The van der Waals surface area contributed by atoms with Gasteiger partial charge in [0, 0.05) is 37.0 Å². The molecule has 39 heteroatoms. The van der Waals surface area contributed by atoms with E-state index in [1.54, 1.807) is 41.5 Å². The minimum absolute atomic E-state index is 0.0231. The van der Waals surface area contributed by atoms with Crippen LogP contribution < -0.4 is 0 Å². The van der Waals surface area contributed by atoms with Crippen LogP contribution in [0.1, 0.15) is 376 Å². The molecule has 0 aromatic carbocycles. The maximum atomic E-state index is 12.2. The summed E-state index contributed by atoms with van der Waals surface area (Å²) in [7, 11) is 0. The molecule has 22 atom stereocenters. The molecule has 22 unspecified atom stereocenters. The molecule has 11 heterocycles. The van der Waals surface area contributed by atoms with Crippen LogP contribution in [0.4, 0.5) is 0 Å². The molecule has 11 saturated heterocycles. The van der Waals surface area contributed by atoms with E-state index in [9.17, 15) is 86.3 Å². The molecular weight excluding hydrogens is 1960 g/mol. The van der Waals surface area contributed by atoms with Crippen LogP contribution in [0.3, 0.4) is 0 Å². The number of rotatable bonds is 28. The minimum atomic E-state index is -1.46. The zero-order chi connectivity index (χ0) is 114. The molecule has 15 fully saturated rings. The fourth-order valence-corrected chi connectivity index (χ4v) is 17.3. The van der Waals surface area contributed by atoms with Crippen LogP contribution in [0.15, 0.2) is 0 Å². The summed E-state index contributed by atoms with van der Waals surface area (Å²) in [5.74, 6) is -5.63. The van der Waals surface area contributed by atoms with Gasteiger partial charge in [-0.2, -0.15) is 0 Å². The highest BCUT2D eigenvalue weighted by Gasteiger charge is 2.68. The Kier molecular flexibility index (Phi) is 43.5. The Hall–Kier alpha value is -9.50. The molecule has 39 nitrogen and oxygen atoms in total. The molecule has 11 aliphatic heterocycles. The third-order valence-corrected chi connectivity index (χ3v) is 32.7. The summed E-state index contributed by atoms with van der Waals surface area (Å²) in [4.78, 5) is 209. The third-order valence-electron chi connectivity index (χ3n) is 32.7. The van der Waals surface area contributed by atoms with Gasteiger partial charge < -0.3 is 99.5 Å². The van der Waals surface area contributed by atoms with E-state index in [2.05, 4.69) is 11.7 Å². The van der Waals surface area contributed by atoms with Crippen molar-refractivity contribution in [1.29, 1.82) is 0 Å². The zero-order valence-electron chi connectivity index (χ0n) is 95.2. The number of hydrogen-bond donors (Lipinski definition) is 0. The smallest absolute Gasteiger partial charge is 0.358 e. The van der Waals surface area contributed by atoms with Gasteiger partial charge in [-0.1, -0.05) is 76.2 Å². The fraction of sp³-hybridized carbons (Fsp3) is 0.838. The summed E-state index contributed by atoms with van der Waals surface area (Å²) >= 11 is 0. The molecule has 0 N–H and O–H groups in total. The third kappa shape index (κ3) is 32.4. The van der Waals surface area contributed by atoms with Crippen molar-refractivity contribution in [2.24, 2.45) is 84.2 Å². The van der Waals surface area contributed by atoms with Crippen molar-refractivity contribution >= 4 is 107 Å². The lowest BCUT2D eigenvalue weighted by Gasteiger charge is -2.32. The van der Waals surface area contributed by atoms with Gasteiger partial charge in [-0.3, -0.25) is 71.9 Å². The number of esters is 18. The second kappa shape index (κ2) is 51.3. The van der Waals surface area contributed by atoms with E-state index >= 15 is 0 Å². The lowest BCUT2D eigenvalue weighted by atomic mass is 9.79. The molecule has 15 aliphatic rings. The molecule has 0 amide bonds. The van der Waals surface area contributed by atoms with E-state index in [-0.39, 0.29) is 194 Å². The van der Waals surface area contributed by atoms with Gasteiger partial charge in [0.2, 0.25) is 17.8 Å². The predicted molar refractivity (Wildman–Crippen MR) is 534 cm³/mol. The Morgan fingerprint density at radius 2 is 0.840 bits per heavy atom. The van der Waals surface area contributed by atoms with Gasteiger partial charge in [0.05, 0.1) is 93.0 Å². The Bertz CT molecular complexity index is 4780. The van der Waals surface area contributed by atoms with Gasteiger partial charge in [-0.05, 0) is 267 Å². The molecule has 852 valence electrons. The summed E-state index contributed by atoms with van der Waals surface area (Å²) in [6, 6.07) is 0. The largest absolute Gasteiger partial charge is 0.462 e. The first-order chi connectivity index (χ1) is 69.3. The highest BCUT2D eigenvalue weighted by atomic mass is 16.9. The van der Waals surface area contributed by atoms with Crippen LogP contribution in [0, 0.1) is 84.2 Å². The Labute approximate surface area is 884 Å². The topological polar surface area (TPSA) is 501 Å². The van der Waals surface area contributed by atoms with Gasteiger partial charge in [0.1, 0.15) is 74.3 Å². The van der Waals surface area contributed by atoms with E-state index < -0.39 is 133 Å². The SMILES string of the molecule is CCC(C)(C)C(=O)OC1(C)CC(=O)OC1=O.CCC(C)(C)C(=O)OC1(C)CCOC1.CCC(C)(C)C(=O)OC1C(=O)OC2C3OC(C)(C)OC3OC12.CCC(C)(C)C(=O)OC1C(=O)OC2CCCC21.CCC(C)(C)C(=O)OC1C2CC3C1OC(=O)C3C2C.CCC(C)(C)C(=O)OC1CCC(=O)OC1.CCC(C)(C)C(=O)OC1CCC2CC1OC2=O.CCC(C)(C)C(=O)OC1COC(=O)C1.CCC1(OC(=O)C(C)(C)CC)COC(=O)C1. The molecule has 150 heavy (non-hydrogen) atoms. The highest BCUT2D eigenvalue weighted by Crippen LogP contribution is 2.59. The predicted octanol–water partition coefficient (Wildman–Crippen LogP) is 15.8. The molecule has 4 saturated carbocycles. The van der Waals surface area contributed by atoms with Crippen molar-refractivity contribution in [2.75, 3.05) is 33.0 Å². The number of carbonyl (C=O) groups excluding carboxylic acids is 18. The normalized spacial score (nSPS) is 30.8. The van der Waals surface area contributed by atoms with Gasteiger partial charge >= 0.3 is 107 Å². The number of hydrogen-bond acceptors (Lipinski definition) is 39. The second-order valence-electron chi connectivity index (χ2n) is 48.6. The van der Waals surface area contributed by atoms with Crippen LogP contribution in [0.25, 0.3) is 0 Å². The zero-order valence-corrected chi connectivity index (χ0v) is 95.2. The van der Waals surface area contributed by atoms with Gasteiger partial charge in [-0.15, -0.1) is 0 Å². The average molecular weight is 2130 g/mol. The summed E-state index contributed by atoms with van der Waals surface area (Å²) in [6.07, 6.45) is 9.20. The van der Waals surface area contributed by atoms with Crippen LogP contribution in [-0.4, -0.2) is 243 Å². The number of ether oxygens (including phenoxy) is 21. The maximum Gasteiger partial charge on any atom is 0.358 e. The Morgan fingerprint density at radius 3 is 1.31 bits per heavy atom. The lowest BCUT2D eigenvalue weighted by Crippen LogP contribution is -2.42. The van der Waals surface area contributed by atoms with Crippen molar-refractivity contribution < 1.29 is 186 Å². The van der Waals surface area contributed by atoms with Crippen molar-refractivity contribution in [2.45, 2.75) is 478 Å². The molecule has 0 aromatic rings. The average Bonchev–Trinajstić information content (AvgIpc) is 1.55. The fourth-order valence-electron chi connectivity index (χ4n) is 17.3. The highest BCUT2D eigenvalue weighted by molar-refractivity contribution is 6.00. The summed E-state index contributed by atoms with van der Waals surface area (Å²) in [5, 5.41) is 0. The van der Waals surface area contributed by atoms with Gasteiger partial charge in [0.25, 0.3) is 0 Å². The summed E-state index contributed by atoms with van der Waals surface area (Å²) in [5.41, 5.74) is -7.21. The Morgan fingerprint density at radius 1 is 0.380 bits per heavy atom. The quantitative estimate of drug-likeness (QED) is 0.0399. The van der Waals surface area contributed by atoms with Crippen molar-refractivity contribution in [1.82, 2.24) is 0 Å². The maximum absolute atomic E-state index is 12.2. The van der Waals surface area contributed by atoms with Crippen molar-refractivity contribution in [3.05, 3.63) is 0 Å². The van der Waals surface area contributed by atoms with E-state index in [1.807, 2.05) is 173 Å². The van der Waals surface area contributed by atoms with Crippen molar-refractivity contribution in [3.8, 4) is 0 Å². The molecule has 15 rings (SSSR count). The molecule has 0 aromatic heterocycles. The molecule has 4 aliphatic carbocycles. The van der Waals surface area contributed by atoms with E-state index in [0.717, 1.165) is 70.6 Å². The summed E-state index contributed by atoms with van der Waals surface area (Å²) < 4.78 is 111. The monoisotopic (exact) mass is 2130 g/mol. The Balaban J connectivity index is 0.000000229. The molecular formula is C111H174O39. The standard InChI is InChI=1S/C15H22O7.C15H22O4.2C13H20O4.C12H20O4.C11H16O5.C11H18O4.C11H20O3.C10H16O4/c1-6-14(2,3)13(17)20-9-7-8(18-11(9)16)10-12(19-7)22-15(4,5)21-10;1-5-15(3,4)14(17)19-11-8-6-9-10(7(8)2)13(16)18-12(9)11;1-4-13(2,3)12(15)17-9-6-5-8-7-10(9)16-11(8)14;1-4-13(2,3)12(15)17-10-8-6-5-7-9(8)16-11(10)14;1-5-11(3,4)10(14)16-12(6-2)7-9(13)15-8-12;1-5-10(2,3)8(13)16-11(4)6-7(12)15-9(11)14;1-4-11(2,3)10(13)15-8-5-6-9(12)14-7-8;1-5-10(2,3)9(12)14-11(4)6-7-13-8-11;1-4-10(2,3)9(12)14-7-5-8(11)13-6-7/h7-10,12H,6H2,1-5H3;7-12H,5-6H2,1-4H3;2*8-10H,4-7H2,1-3H3;5-8H2,1-4H3;5-6H2,1-4H3;8H,4-7H2,1-3H3;5-8H2,1-4H3;7H,4-6H2,1-3H3. The second-order valence-corrected chi connectivity index (χ2v) is 48.6. The van der Waals surface area contributed by atoms with Gasteiger partial charge in [0.15, 0.2) is 29.9 Å². The summed E-state index contributed by atoms with van der Waals surface area (Å²) in [6.45, 7) is 63.1. The van der Waals surface area contributed by atoms with Crippen molar-refractivity contribution in [3.63, 3.8) is 0 Å². The number of carbonyl (C=O) groups is 18. The van der Waals surface area contributed by atoms with Crippen LogP contribution >= 0.6 is 0 Å². The molecule has 0 radical (unpaired) electrons. The van der Waals surface area contributed by atoms with Crippen LogP contribution in [0.5, 0.6) is 0 Å². The van der Waals surface area contributed by atoms with E-state index in [1.165, 1.54) is 6.92 Å². The first-order valence-electron chi connectivity index (χ1n) is 53.9. The molecule has 0 spiro atoms. The van der Waals surface area contributed by atoms with E-state index in [0.29, 0.717) is 76.9 Å². The van der Waals surface area contributed by atoms with E-state index in [4.69, 9.17) is 94.7 Å². The first-order valence-corrected chi connectivity index (χ1v) is 53.9. The van der Waals surface area contributed by atoms with Crippen LogP contribution in [0.2, 0.25) is 0 Å². The van der Waals surface area contributed by atoms with Gasteiger partial charge in [-0.25, -0.2) is 14.4 Å². The number of cyclic esters (lactones) is 5. The number of fused-ring (bicyclic) bond motifs is 7. The lowest BCUT2D eigenvalue weighted by molar-refractivity contribution is -0.217. The molecule has 4 bridgehead atoms.